The standard InChI is InChI=1S/C15H20N4O2/c1-2-6-16-14(15-17-10-18-19-15)11-4-5-12-13(9-11)21-8-3-7-20-12/h4-5,9-10,14,16H,2-3,6-8H2,1H3,(H,17,18,19). The molecule has 1 aromatic heterocycles. The van der Waals surface area contributed by atoms with Gasteiger partial charge in [0.1, 0.15) is 12.2 Å². The topological polar surface area (TPSA) is 72.1 Å². The van der Waals surface area contributed by atoms with Crippen LogP contribution in [-0.2, 0) is 0 Å². The van der Waals surface area contributed by atoms with E-state index in [-0.39, 0.29) is 6.04 Å². The fourth-order valence-electron chi connectivity index (χ4n) is 2.37. The molecule has 1 aromatic carbocycles. The Labute approximate surface area is 123 Å². The maximum absolute atomic E-state index is 5.76. The molecule has 1 aliphatic rings. The second-order valence-electron chi connectivity index (χ2n) is 5.01. The molecule has 2 aromatic rings. The molecule has 2 N–H and O–H groups in total. The normalized spacial score (nSPS) is 15.5. The monoisotopic (exact) mass is 288 g/mol. The zero-order valence-electron chi connectivity index (χ0n) is 12.1. The summed E-state index contributed by atoms with van der Waals surface area (Å²) in [5.41, 5.74) is 1.09. The first-order valence-corrected chi connectivity index (χ1v) is 7.36. The van der Waals surface area contributed by atoms with Crippen molar-refractivity contribution in [3.05, 3.63) is 35.9 Å². The molecule has 0 amide bonds. The molecule has 112 valence electrons. The number of H-pyrrole nitrogens is 1. The maximum Gasteiger partial charge on any atom is 0.161 e. The third-order valence-corrected chi connectivity index (χ3v) is 3.41. The second-order valence-corrected chi connectivity index (χ2v) is 5.01. The first kappa shape index (κ1) is 13.9. The van der Waals surface area contributed by atoms with Crippen molar-refractivity contribution in [2.75, 3.05) is 19.8 Å². The number of nitrogens with zero attached hydrogens (tertiary/aromatic N) is 2. The van der Waals surface area contributed by atoms with Gasteiger partial charge in [-0.15, -0.1) is 0 Å². The van der Waals surface area contributed by atoms with Crippen molar-refractivity contribution < 1.29 is 9.47 Å². The lowest BCUT2D eigenvalue weighted by Crippen LogP contribution is -2.24. The van der Waals surface area contributed by atoms with Crippen LogP contribution >= 0.6 is 0 Å². The summed E-state index contributed by atoms with van der Waals surface area (Å²) in [6, 6.07) is 6.01. The highest BCUT2D eigenvalue weighted by atomic mass is 16.5. The minimum atomic E-state index is -0.0235. The highest BCUT2D eigenvalue weighted by Gasteiger charge is 2.19. The van der Waals surface area contributed by atoms with Crippen LogP contribution in [0.1, 0.15) is 37.2 Å². The van der Waals surface area contributed by atoms with Gasteiger partial charge in [0.15, 0.2) is 11.5 Å². The Balaban J connectivity index is 1.90. The van der Waals surface area contributed by atoms with E-state index in [0.717, 1.165) is 42.3 Å². The third-order valence-electron chi connectivity index (χ3n) is 3.41. The lowest BCUT2D eigenvalue weighted by atomic mass is 10.1. The van der Waals surface area contributed by atoms with E-state index in [1.807, 2.05) is 18.2 Å². The molecule has 0 radical (unpaired) electrons. The third kappa shape index (κ3) is 3.16. The Bertz CT molecular complexity index is 571. The van der Waals surface area contributed by atoms with E-state index in [9.17, 15) is 0 Å². The van der Waals surface area contributed by atoms with Gasteiger partial charge < -0.3 is 14.8 Å². The largest absolute Gasteiger partial charge is 0.490 e. The molecule has 2 heterocycles. The first-order chi connectivity index (χ1) is 10.4. The number of fused-ring (bicyclic) bond motifs is 1. The molecular formula is C15H20N4O2. The molecule has 0 saturated heterocycles. The molecule has 0 saturated carbocycles. The molecule has 1 aliphatic heterocycles. The van der Waals surface area contributed by atoms with Crippen LogP contribution in [0.15, 0.2) is 24.5 Å². The van der Waals surface area contributed by atoms with E-state index < -0.39 is 0 Å². The molecule has 0 bridgehead atoms. The van der Waals surface area contributed by atoms with Crippen molar-refractivity contribution >= 4 is 0 Å². The summed E-state index contributed by atoms with van der Waals surface area (Å²) in [5, 5.41) is 10.4. The second kappa shape index (κ2) is 6.58. The van der Waals surface area contributed by atoms with Crippen LogP contribution in [0.4, 0.5) is 0 Å². The van der Waals surface area contributed by atoms with E-state index in [1.54, 1.807) is 0 Å². The minimum Gasteiger partial charge on any atom is -0.490 e. The Hall–Kier alpha value is -2.08. The van der Waals surface area contributed by atoms with E-state index >= 15 is 0 Å². The minimum absolute atomic E-state index is 0.0235. The van der Waals surface area contributed by atoms with Crippen LogP contribution in [0.2, 0.25) is 0 Å². The average molecular weight is 288 g/mol. The summed E-state index contributed by atoms with van der Waals surface area (Å²) in [5.74, 6) is 2.41. The molecule has 6 nitrogen and oxygen atoms in total. The number of rotatable bonds is 5. The van der Waals surface area contributed by atoms with Crippen LogP contribution in [0.3, 0.4) is 0 Å². The lowest BCUT2D eigenvalue weighted by Gasteiger charge is -2.18. The van der Waals surface area contributed by atoms with Crippen LogP contribution in [0.5, 0.6) is 11.5 Å². The summed E-state index contributed by atoms with van der Waals surface area (Å²) >= 11 is 0. The first-order valence-electron chi connectivity index (χ1n) is 7.36. The van der Waals surface area contributed by atoms with E-state index in [4.69, 9.17) is 9.47 Å². The van der Waals surface area contributed by atoms with Crippen LogP contribution in [0.25, 0.3) is 0 Å². The summed E-state index contributed by atoms with van der Waals surface area (Å²) in [7, 11) is 0. The van der Waals surface area contributed by atoms with E-state index in [0.29, 0.717) is 13.2 Å². The summed E-state index contributed by atoms with van der Waals surface area (Å²) in [6.45, 7) is 4.43. The fraction of sp³-hybridized carbons (Fsp3) is 0.467. The number of ether oxygens (including phenoxy) is 2. The van der Waals surface area contributed by atoms with Crippen LogP contribution < -0.4 is 14.8 Å². The van der Waals surface area contributed by atoms with Gasteiger partial charge in [-0.25, -0.2) is 4.98 Å². The average Bonchev–Trinajstić information content (AvgIpc) is 2.93. The van der Waals surface area contributed by atoms with E-state index in [1.165, 1.54) is 6.33 Å². The van der Waals surface area contributed by atoms with Gasteiger partial charge in [0.05, 0.1) is 19.3 Å². The van der Waals surface area contributed by atoms with Gasteiger partial charge in [0, 0.05) is 6.42 Å². The number of benzene rings is 1. The predicted molar refractivity (Wildman–Crippen MR) is 78.6 cm³/mol. The molecular weight excluding hydrogens is 268 g/mol. The summed E-state index contributed by atoms with van der Waals surface area (Å²) in [6.07, 6.45) is 3.48. The lowest BCUT2D eigenvalue weighted by molar-refractivity contribution is 0.297. The predicted octanol–water partition coefficient (Wildman–Crippen LogP) is 2.05. The van der Waals surface area contributed by atoms with Crippen molar-refractivity contribution in [1.82, 2.24) is 20.5 Å². The quantitative estimate of drug-likeness (QED) is 0.881. The van der Waals surface area contributed by atoms with Crippen LogP contribution in [0, 0.1) is 0 Å². The molecule has 1 unspecified atom stereocenters. The van der Waals surface area contributed by atoms with Gasteiger partial charge in [-0.3, -0.25) is 5.10 Å². The van der Waals surface area contributed by atoms with Crippen LogP contribution in [-0.4, -0.2) is 34.9 Å². The molecule has 6 heteroatoms. The number of aromatic nitrogens is 3. The Morgan fingerprint density at radius 2 is 2.14 bits per heavy atom. The Morgan fingerprint density at radius 3 is 2.90 bits per heavy atom. The maximum atomic E-state index is 5.76. The molecule has 0 aliphatic carbocycles. The van der Waals surface area contributed by atoms with Crippen molar-refractivity contribution in [3.63, 3.8) is 0 Å². The van der Waals surface area contributed by atoms with E-state index in [2.05, 4.69) is 27.4 Å². The van der Waals surface area contributed by atoms with Crippen molar-refractivity contribution in [1.29, 1.82) is 0 Å². The van der Waals surface area contributed by atoms with Gasteiger partial charge >= 0.3 is 0 Å². The number of aromatic amines is 1. The van der Waals surface area contributed by atoms with Crippen molar-refractivity contribution in [2.24, 2.45) is 0 Å². The van der Waals surface area contributed by atoms with Crippen molar-refractivity contribution in [2.45, 2.75) is 25.8 Å². The van der Waals surface area contributed by atoms with Gasteiger partial charge in [0.2, 0.25) is 0 Å². The number of hydrogen-bond acceptors (Lipinski definition) is 5. The molecule has 3 rings (SSSR count). The smallest absolute Gasteiger partial charge is 0.161 e. The highest BCUT2D eigenvalue weighted by Crippen LogP contribution is 2.33. The fourth-order valence-corrected chi connectivity index (χ4v) is 2.37. The van der Waals surface area contributed by atoms with Gasteiger partial charge in [-0.1, -0.05) is 13.0 Å². The molecule has 0 spiro atoms. The number of nitrogens with one attached hydrogen (secondary N) is 2. The zero-order chi connectivity index (χ0) is 14.5. The summed E-state index contributed by atoms with van der Waals surface area (Å²) < 4.78 is 11.4. The summed E-state index contributed by atoms with van der Waals surface area (Å²) in [4.78, 5) is 4.28. The van der Waals surface area contributed by atoms with Gasteiger partial charge in [-0.05, 0) is 30.7 Å². The zero-order valence-corrected chi connectivity index (χ0v) is 12.1. The Kier molecular flexibility index (Phi) is 4.35. The number of hydrogen-bond donors (Lipinski definition) is 2. The van der Waals surface area contributed by atoms with Crippen molar-refractivity contribution in [3.8, 4) is 11.5 Å². The highest BCUT2D eigenvalue weighted by molar-refractivity contribution is 5.45. The molecule has 1 atom stereocenters. The Morgan fingerprint density at radius 1 is 1.29 bits per heavy atom. The van der Waals surface area contributed by atoms with Gasteiger partial charge in [0.25, 0.3) is 0 Å². The molecule has 0 fully saturated rings. The SMILES string of the molecule is CCCNC(c1ccc2c(c1)OCCCO2)c1ncn[nH]1. The molecule has 21 heavy (non-hydrogen) atoms. The van der Waals surface area contributed by atoms with Gasteiger partial charge in [-0.2, -0.15) is 5.10 Å².